The van der Waals surface area contributed by atoms with Gasteiger partial charge in [0.05, 0.1) is 6.10 Å². The summed E-state index contributed by atoms with van der Waals surface area (Å²) in [5, 5.41) is 15.5. The summed E-state index contributed by atoms with van der Waals surface area (Å²) in [4.78, 5) is 0. The summed E-state index contributed by atoms with van der Waals surface area (Å²) in [6.07, 6.45) is -0.272. The van der Waals surface area contributed by atoms with Crippen LogP contribution in [0.2, 0.25) is 0 Å². The molecule has 0 bridgehead atoms. The lowest BCUT2D eigenvalue weighted by Crippen LogP contribution is -2.31. The van der Waals surface area contributed by atoms with Crippen molar-refractivity contribution in [3.63, 3.8) is 0 Å². The number of hydrogen-bond acceptors (Lipinski definition) is 3. The van der Waals surface area contributed by atoms with Crippen LogP contribution in [0.4, 0.5) is 0 Å². The highest BCUT2D eigenvalue weighted by atomic mass is 79.9. The molecule has 3 nitrogen and oxygen atoms in total. The largest absolute Gasteiger partial charge is 0.392 e. The van der Waals surface area contributed by atoms with Crippen LogP contribution in [-0.4, -0.2) is 30.8 Å². The summed E-state index contributed by atoms with van der Waals surface area (Å²) < 4.78 is 1.11. The highest BCUT2D eigenvalue weighted by Gasteiger charge is 1.94. The molecule has 0 aliphatic carbocycles. The van der Waals surface area contributed by atoms with Crippen molar-refractivity contribution in [2.75, 3.05) is 19.6 Å². The van der Waals surface area contributed by atoms with Crippen molar-refractivity contribution in [2.24, 2.45) is 0 Å². The first-order valence-electron chi connectivity index (χ1n) is 5.52. The first-order valence-corrected chi connectivity index (χ1v) is 6.31. The Labute approximate surface area is 105 Å². The van der Waals surface area contributed by atoms with Crippen LogP contribution in [0, 0.1) is 0 Å². The maximum Gasteiger partial charge on any atom is 0.0636 e. The summed E-state index contributed by atoms with van der Waals surface area (Å²) in [6, 6.07) is 8.28. The third-order valence-electron chi connectivity index (χ3n) is 2.16. The topological polar surface area (TPSA) is 44.3 Å². The van der Waals surface area contributed by atoms with Crippen molar-refractivity contribution in [2.45, 2.75) is 19.6 Å². The summed E-state index contributed by atoms with van der Waals surface area (Å²) in [6.45, 7) is 5.09. The first kappa shape index (κ1) is 13.6. The van der Waals surface area contributed by atoms with E-state index in [2.05, 4.69) is 38.7 Å². The number of aliphatic hydroxyl groups excluding tert-OH is 1. The molecule has 16 heavy (non-hydrogen) atoms. The molecule has 0 saturated carbocycles. The molecule has 0 fully saturated rings. The van der Waals surface area contributed by atoms with E-state index >= 15 is 0 Å². The SMILES string of the molecule is C[C@@H](O)CNCCNCc1ccc(Br)cc1. The minimum Gasteiger partial charge on any atom is -0.392 e. The Kier molecular flexibility index (Phi) is 6.64. The fourth-order valence-corrected chi connectivity index (χ4v) is 1.59. The van der Waals surface area contributed by atoms with Crippen LogP contribution >= 0.6 is 15.9 Å². The summed E-state index contributed by atoms with van der Waals surface area (Å²) >= 11 is 3.41. The fourth-order valence-electron chi connectivity index (χ4n) is 1.32. The van der Waals surface area contributed by atoms with E-state index in [1.807, 2.05) is 12.1 Å². The van der Waals surface area contributed by atoms with E-state index in [-0.39, 0.29) is 6.10 Å². The van der Waals surface area contributed by atoms with Gasteiger partial charge in [0.1, 0.15) is 0 Å². The molecule has 0 aromatic heterocycles. The third-order valence-corrected chi connectivity index (χ3v) is 2.69. The van der Waals surface area contributed by atoms with Crippen molar-refractivity contribution in [3.05, 3.63) is 34.3 Å². The van der Waals surface area contributed by atoms with Gasteiger partial charge in [0.2, 0.25) is 0 Å². The molecule has 3 N–H and O–H groups in total. The Balaban J connectivity index is 2.05. The van der Waals surface area contributed by atoms with Crippen LogP contribution < -0.4 is 10.6 Å². The zero-order valence-electron chi connectivity index (χ0n) is 9.54. The second kappa shape index (κ2) is 7.79. The van der Waals surface area contributed by atoms with Gasteiger partial charge in [-0.25, -0.2) is 0 Å². The molecule has 1 rings (SSSR count). The fraction of sp³-hybridized carbons (Fsp3) is 0.500. The van der Waals surface area contributed by atoms with Crippen LogP contribution in [0.15, 0.2) is 28.7 Å². The van der Waals surface area contributed by atoms with E-state index in [0.29, 0.717) is 6.54 Å². The molecular weight excluding hydrogens is 268 g/mol. The average Bonchev–Trinajstić information content (AvgIpc) is 2.25. The van der Waals surface area contributed by atoms with Gasteiger partial charge in [-0.2, -0.15) is 0 Å². The van der Waals surface area contributed by atoms with E-state index in [9.17, 15) is 0 Å². The first-order chi connectivity index (χ1) is 7.68. The van der Waals surface area contributed by atoms with Gasteiger partial charge in [0.25, 0.3) is 0 Å². The van der Waals surface area contributed by atoms with E-state index in [0.717, 1.165) is 24.1 Å². The molecule has 0 heterocycles. The average molecular weight is 287 g/mol. The summed E-state index contributed by atoms with van der Waals surface area (Å²) in [7, 11) is 0. The van der Waals surface area contributed by atoms with E-state index < -0.39 is 0 Å². The molecule has 0 unspecified atom stereocenters. The number of halogens is 1. The standard InChI is InChI=1S/C12H19BrN2O/c1-10(16)8-14-6-7-15-9-11-2-4-12(13)5-3-11/h2-5,10,14-16H,6-9H2,1H3/t10-/m1/s1. The van der Waals surface area contributed by atoms with Crippen molar-refractivity contribution < 1.29 is 5.11 Å². The Morgan fingerprint density at radius 2 is 1.81 bits per heavy atom. The zero-order valence-corrected chi connectivity index (χ0v) is 11.1. The van der Waals surface area contributed by atoms with E-state index in [1.54, 1.807) is 6.92 Å². The molecule has 1 atom stereocenters. The van der Waals surface area contributed by atoms with Gasteiger partial charge in [-0.1, -0.05) is 28.1 Å². The van der Waals surface area contributed by atoms with Crippen LogP contribution in [-0.2, 0) is 6.54 Å². The second-order valence-electron chi connectivity index (χ2n) is 3.86. The summed E-state index contributed by atoms with van der Waals surface area (Å²) in [5.74, 6) is 0. The number of benzene rings is 1. The second-order valence-corrected chi connectivity index (χ2v) is 4.77. The minimum absolute atomic E-state index is 0.272. The van der Waals surface area contributed by atoms with Gasteiger partial charge in [-0.3, -0.25) is 0 Å². The van der Waals surface area contributed by atoms with Crippen LogP contribution in [0.5, 0.6) is 0 Å². The molecule has 0 aliphatic rings. The van der Waals surface area contributed by atoms with Gasteiger partial charge in [0, 0.05) is 30.7 Å². The van der Waals surface area contributed by atoms with E-state index in [4.69, 9.17) is 5.11 Å². The normalized spacial score (nSPS) is 12.7. The number of aliphatic hydroxyl groups is 1. The number of rotatable bonds is 7. The van der Waals surface area contributed by atoms with Gasteiger partial charge < -0.3 is 15.7 Å². The Bertz CT molecular complexity index is 288. The molecule has 90 valence electrons. The van der Waals surface area contributed by atoms with Crippen LogP contribution in [0.25, 0.3) is 0 Å². The van der Waals surface area contributed by atoms with Crippen LogP contribution in [0.3, 0.4) is 0 Å². The highest BCUT2D eigenvalue weighted by Crippen LogP contribution is 2.09. The molecule has 0 spiro atoms. The van der Waals surface area contributed by atoms with Crippen molar-refractivity contribution >= 4 is 15.9 Å². The summed E-state index contributed by atoms with van der Waals surface area (Å²) in [5.41, 5.74) is 1.28. The van der Waals surface area contributed by atoms with Crippen molar-refractivity contribution in [1.29, 1.82) is 0 Å². The lowest BCUT2D eigenvalue weighted by atomic mass is 10.2. The maximum absolute atomic E-state index is 9.03. The Morgan fingerprint density at radius 3 is 2.44 bits per heavy atom. The van der Waals surface area contributed by atoms with Gasteiger partial charge in [0.15, 0.2) is 0 Å². The van der Waals surface area contributed by atoms with Crippen LogP contribution in [0.1, 0.15) is 12.5 Å². The number of hydrogen-bond donors (Lipinski definition) is 3. The van der Waals surface area contributed by atoms with E-state index in [1.165, 1.54) is 5.56 Å². The van der Waals surface area contributed by atoms with Gasteiger partial charge in [-0.05, 0) is 24.6 Å². The maximum atomic E-state index is 9.03. The third kappa shape index (κ3) is 6.23. The molecule has 0 saturated heterocycles. The molecule has 4 heteroatoms. The van der Waals surface area contributed by atoms with Gasteiger partial charge >= 0.3 is 0 Å². The molecule has 1 aromatic rings. The van der Waals surface area contributed by atoms with Crippen molar-refractivity contribution in [3.8, 4) is 0 Å². The molecule has 0 amide bonds. The molecule has 1 aromatic carbocycles. The van der Waals surface area contributed by atoms with Gasteiger partial charge in [-0.15, -0.1) is 0 Å². The zero-order chi connectivity index (χ0) is 11.8. The monoisotopic (exact) mass is 286 g/mol. The molecular formula is C12H19BrN2O. The highest BCUT2D eigenvalue weighted by molar-refractivity contribution is 9.10. The predicted molar refractivity (Wildman–Crippen MR) is 70.4 cm³/mol. The molecule has 0 radical (unpaired) electrons. The lowest BCUT2D eigenvalue weighted by Gasteiger charge is -2.08. The molecule has 0 aliphatic heterocycles. The quantitative estimate of drug-likeness (QED) is 0.666. The predicted octanol–water partition coefficient (Wildman–Crippen LogP) is 1.51. The van der Waals surface area contributed by atoms with Crippen molar-refractivity contribution in [1.82, 2.24) is 10.6 Å². The Hall–Kier alpha value is -0.420. The Morgan fingerprint density at radius 1 is 1.19 bits per heavy atom. The lowest BCUT2D eigenvalue weighted by molar-refractivity contribution is 0.191. The smallest absolute Gasteiger partial charge is 0.0636 e. The minimum atomic E-state index is -0.272. The number of nitrogens with one attached hydrogen (secondary N) is 2.